The molecule has 8 nitrogen and oxygen atoms in total. The third-order valence-corrected chi connectivity index (χ3v) is 7.83. The number of para-hydroxylation sites is 1. The maximum absolute atomic E-state index is 13.7. The van der Waals surface area contributed by atoms with Crippen molar-refractivity contribution in [2.24, 2.45) is 0 Å². The standard InChI is InChI=1S/C29H33F3N6O2/c1-21(39)37-14-12-25-9-6-10-26(38(25)18-24-8-4-5-13-33-24)19-35(16-22-7-2-3-11-27(22)37)28(40)20-36-17-23(15-34-36)29(30,31)32/h2-5,7-8,11,13,15,17,25-26H,6,9-10,12,14,16,18-20H2,1H3. The lowest BCUT2D eigenvalue weighted by molar-refractivity contribution is -0.138. The second kappa shape index (κ2) is 11.8. The Balaban J connectivity index is 1.50. The number of benzene rings is 1. The highest BCUT2D eigenvalue weighted by Crippen LogP contribution is 2.32. The van der Waals surface area contributed by atoms with Gasteiger partial charge < -0.3 is 9.80 Å². The van der Waals surface area contributed by atoms with Gasteiger partial charge in [0, 0.05) is 63.3 Å². The van der Waals surface area contributed by atoms with Crippen LogP contribution in [0.1, 0.15) is 49.4 Å². The lowest BCUT2D eigenvalue weighted by Gasteiger charge is -2.44. The van der Waals surface area contributed by atoms with Crippen LogP contribution in [0, 0.1) is 0 Å². The summed E-state index contributed by atoms with van der Waals surface area (Å²) < 4.78 is 40.5. The van der Waals surface area contributed by atoms with Gasteiger partial charge in [-0.15, -0.1) is 0 Å². The van der Waals surface area contributed by atoms with Gasteiger partial charge in [0.05, 0.1) is 17.5 Å². The molecule has 40 heavy (non-hydrogen) atoms. The van der Waals surface area contributed by atoms with Crippen molar-refractivity contribution in [3.8, 4) is 0 Å². The predicted octanol–water partition coefficient (Wildman–Crippen LogP) is 4.51. The van der Waals surface area contributed by atoms with E-state index in [1.165, 1.54) is 0 Å². The number of carbonyl (C=O) groups excluding carboxylic acids is 2. The SMILES string of the molecule is CC(=O)N1CCC2CCCC(CN(C(=O)Cn3cc(C(F)(F)F)cn3)Cc3ccccc31)N2Cc1ccccn1. The van der Waals surface area contributed by atoms with Gasteiger partial charge in [-0.1, -0.05) is 30.7 Å². The minimum absolute atomic E-state index is 0.0316. The van der Waals surface area contributed by atoms with Crippen LogP contribution in [0.3, 0.4) is 0 Å². The first kappa shape index (κ1) is 27.8. The largest absolute Gasteiger partial charge is 0.419 e. The van der Waals surface area contributed by atoms with Gasteiger partial charge in [-0.05, 0) is 43.0 Å². The summed E-state index contributed by atoms with van der Waals surface area (Å²) in [5.74, 6) is -0.412. The second-order valence-corrected chi connectivity index (χ2v) is 10.5. The molecule has 0 aliphatic carbocycles. The van der Waals surface area contributed by atoms with E-state index in [1.807, 2.05) is 42.5 Å². The third kappa shape index (κ3) is 6.35. The van der Waals surface area contributed by atoms with Crippen LogP contribution >= 0.6 is 0 Å². The quantitative estimate of drug-likeness (QED) is 0.475. The summed E-state index contributed by atoms with van der Waals surface area (Å²) in [6.07, 6.45) is 2.44. The van der Waals surface area contributed by atoms with Crippen molar-refractivity contribution in [3.05, 3.63) is 77.9 Å². The number of rotatable bonds is 4. The summed E-state index contributed by atoms with van der Waals surface area (Å²) in [4.78, 5) is 36.9. The molecule has 0 N–H and O–H groups in total. The van der Waals surface area contributed by atoms with Crippen molar-refractivity contribution in [1.29, 1.82) is 0 Å². The molecule has 3 aromatic rings. The van der Waals surface area contributed by atoms with Crippen molar-refractivity contribution in [2.45, 2.75) is 70.5 Å². The fraction of sp³-hybridized carbons (Fsp3) is 0.448. The van der Waals surface area contributed by atoms with Crippen molar-refractivity contribution in [1.82, 2.24) is 24.6 Å². The first-order valence-corrected chi connectivity index (χ1v) is 13.6. The molecule has 0 spiro atoms. The van der Waals surface area contributed by atoms with E-state index in [1.54, 1.807) is 22.9 Å². The first-order chi connectivity index (χ1) is 19.2. The number of halogens is 3. The number of hydrogen-bond acceptors (Lipinski definition) is 5. The maximum Gasteiger partial charge on any atom is 0.419 e. The smallest absolute Gasteiger partial charge is 0.335 e. The summed E-state index contributed by atoms with van der Waals surface area (Å²) in [6, 6.07) is 13.6. The fourth-order valence-corrected chi connectivity index (χ4v) is 5.85. The van der Waals surface area contributed by atoms with E-state index in [0.717, 1.165) is 59.7 Å². The highest BCUT2D eigenvalue weighted by Gasteiger charge is 2.36. The van der Waals surface area contributed by atoms with Crippen molar-refractivity contribution in [3.63, 3.8) is 0 Å². The molecule has 1 aromatic carbocycles. The number of carbonyl (C=O) groups is 2. The van der Waals surface area contributed by atoms with Crippen molar-refractivity contribution < 1.29 is 22.8 Å². The molecule has 0 saturated carbocycles. The second-order valence-electron chi connectivity index (χ2n) is 10.5. The predicted molar refractivity (Wildman–Crippen MR) is 143 cm³/mol. The molecular formula is C29H33F3N6O2. The molecule has 1 saturated heterocycles. The summed E-state index contributed by atoms with van der Waals surface area (Å²) in [5, 5.41) is 3.80. The van der Waals surface area contributed by atoms with Gasteiger partial charge in [-0.25, -0.2) is 0 Å². The number of aromatic nitrogens is 3. The van der Waals surface area contributed by atoms with Crippen LogP contribution in [0.5, 0.6) is 0 Å². The topological polar surface area (TPSA) is 74.6 Å². The Hall–Kier alpha value is -3.73. The number of pyridine rings is 1. The molecule has 1 fully saturated rings. The number of fused-ring (bicyclic) bond motifs is 3. The molecular weight excluding hydrogens is 521 g/mol. The summed E-state index contributed by atoms with van der Waals surface area (Å²) in [7, 11) is 0. The zero-order chi connectivity index (χ0) is 28.3. The molecule has 2 aliphatic rings. The lowest BCUT2D eigenvalue weighted by Crippen LogP contribution is -2.52. The van der Waals surface area contributed by atoms with Crippen molar-refractivity contribution >= 4 is 17.5 Å². The summed E-state index contributed by atoms with van der Waals surface area (Å²) >= 11 is 0. The highest BCUT2D eigenvalue weighted by atomic mass is 19.4. The Kier molecular flexibility index (Phi) is 8.20. The zero-order valence-electron chi connectivity index (χ0n) is 22.4. The van der Waals surface area contributed by atoms with E-state index >= 15 is 0 Å². The molecule has 2 amide bonds. The third-order valence-electron chi connectivity index (χ3n) is 7.83. The molecule has 0 radical (unpaired) electrons. The summed E-state index contributed by atoms with van der Waals surface area (Å²) in [6.45, 7) is 3.02. The Labute approximate surface area is 231 Å². The van der Waals surface area contributed by atoms with Gasteiger partial charge in [-0.2, -0.15) is 18.3 Å². The average Bonchev–Trinajstić information content (AvgIpc) is 3.39. The Morgan fingerprint density at radius 1 is 1.02 bits per heavy atom. The minimum Gasteiger partial charge on any atom is -0.335 e. The van der Waals surface area contributed by atoms with E-state index in [2.05, 4.69) is 15.0 Å². The van der Waals surface area contributed by atoms with Crippen LogP contribution in [0.4, 0.5) is 18.9 Å². The fourth-order valence-electron chi connectivity index (χ4n) is 5.85. The first-order valence-electron chi connectivity index (χ1n) is 13.6. The van der Waals surface area contributed by atoms with Gasteiger partial charge >= 0.3 is 6.18 Å². The molecule has 2 atom stereocenters. The highest BCUT2D eigenvalue weighted by molar-refractivity contribution is 5.92. The molecule has 2 aliphatic heterocycles. The molecule has 212 valence electrons. The number of anilines is 1. The van der Waals surface area contributed by atoms with Crippen LogP contribution in [0.15, 0.2) is 61.1 Å². The minimum atomic E-state index is -4.53. The number of hydrogen-bond donors (Lipinski definition) is 0. The van der Waals surface area contributed by atoms with E-state index < -0.39 is 11.7 Å². The average molecular weight is 555 g/mol. The van der Waals surface area contributed by atoms with Crippen molar-refractivity contribution in [2.75, 3.05) is 18.0 Å². The maximum atomic E-state index is 13.7. The molecule has 4 heterocycles. The van der Waals surface area contributed by atoms with E-state index in [0.29, 0.717) is 19.6 Å². The van der Waals surface area contributed by atoms with Crippen LogP contribution in [0.2, 0.25) is 0 Å². The Morgan fingerprint density at radius 3 is 2.52 bits per heavy atom. The number of alkyl halides is 3. The van der Waals surface area contributed by atoms with Crippen LogP contribution in [-0.4, -0.2) is 61.6 Å². The van der Waals surface area contributed by atoms with Gasteiger partial charge in [0.1, 0.15) is 6.54 Å². The molecule has 2 unspecified atom stereocenters. The lowest BCUT2D eigenvalue weighted by atomic mass is 9.92. The number of piperidine rings is 1. The number of amides is 2. The Bertz CT molecular complexity index is 1330. The van der Waals surface area contributed by atoms with E-state index in [-0.39, 0.29) is 37.0 Å². The molecule has 2 bridgehead atoms. The number of nitrogens with zero attached hydrogens (tertiary/aromatic N) is 6. The van der Waals surface area contributed by atoms with Crippen LogP contribution in [0.25, 0.3) is 0 Å². The normalized spacial score (nSPS) is 20.5. The van der Waals surface area contributed by atoms with E-state index in [4.69, 9.17) is 0 Å². The van der Waals surface area contributed by atoms with E-state index in [9.17, 15) is 22.8 Å². The summed E-state index contributed by atoms with van der Waals surface area (Å²) in [5.41, 5.74) is 1.60. The van der Waals surface area contributed by atoms with Crippen LogP contribution < -0.4 is 4.90 Å². The monoisotopic (exact) mass is 554 g/mol. The van der Waals surface area contributed by atoms with Gasteiger partial charge in [0.15, 0.2) is 0 Å². The van der Waals surface area contributed by atoms with Gasteiger partial charge in [-0.3, -0.25) is 24.2 Å². The molecule has 5 rings (SSSR count). The molecule has 11 heteroatoms. The van der Waals surface area contributed by atoms with Gasteiger partial charge in [0.25, 0.3) is 0 Å². The Morgan fingerprint density at radius 2 is 1.80 bits per heavy atom. The van der Waals surface area contributed by atoms with Gasteiger partial charge in [0.2, 0.25) is 11.8 Å². The molecule has 2 aromatic heterocycles. The zero-order valence-corrected chi connectivity index (χ0v) is 22.4. The van der Waals surface area contributed by atoms with Crippen LogP contribution in [-0.2, 0) is 35.4 Å².